The molecule has 1 aromatic rings. The van der Waals surface area contributed by atoms with E-state index >= 15 is 0 Å². The van der Waals surface area contributed by atoms with Gasteiger partial charge >= 0.3 is 0 Å². The van der Waals surface area contributed by atoms with E-state index < -0.39 is 0 Å². The first-order chi connectivity index (χ1) is 7.57. The Hall–Kier alpha value is -0.540. The maximum atomic E-state index is 5.41. The number of methoxy groups -OCH3 is 1. The third-order valence-corrected chi connectivity index (χ3v) is 4.35. The highest BCUT2D eigenvalue weighted by Crippen LogP contribution is 2.36. The number of hydrogen-bond acceptors (Lipinski definition) is 2. The summed E-state index contributed by atoms with van der Waals surface area (Å²) in [5.74, 6) is 0.958. The standard InChI is InChI=1S/C13H18BrNO/c1-9-11(14)7-10(8-12(9)16-3)13(2)5-4-6-15-13/h7-8,15H,4-6H2,1-3H3. The zero-order valence-electron chi connectivity index (χ0n) is 10.1. The molecule has 1 aliphatic heterocycles. The minimum atomic E-state index is 0.101. The lowest BCUT2D eigenvalue weighted by Gasteiger charge is -2.26. The van der Waals surface area contributed by atoms with Crippen LogP contribution in [-0.4, -0.2) is 13.7 Å². The molecule has 0 radical (unpaired) electrons. The Morgan fingerprint density at radius 2 is 2.19 bits per heavy atom. The van der Waals surface area contributed by atoms with E-state index in [1.807, 2.05) is 0 Å². The lowest BCUT2D eigenvalue weighted by molar-refractivity contribution is 0.401. The van der Waals surface area contributed by atoms with Gasteiger partial charge in [0.05, 0.1) is 7.11 Å². The van der Waals surface area contributed by atoms with E-state index in [2.05, 4.69) is 47.2 Å². The van der Waals surface area contributed by atoms with Crippen LogP contribution in [0.4, 0.5) is 0 Å². The molecule has 16 heavy (non-hydrogen) atoms. The Morgan fingerprint density at radius 1 is 1.44 bits per heavy atom. The smallest absolute Gasteiger partial charge is 0.123 e. The van der Waals surface area contributed by atoms with Crippen molar-refractivity contribution in [3.05, 3.63) is 27.7 Å². The molecule has 1 atom stereocenters. The van der Waals surface area contributed by atoms with Gasteiger partial charge in [0.2, 0.25) is 0 Å². The van der Waals surface area contributed by atoms with Gasteiger partial charge in [0, 0.05) is 15.6 Å². The Morgan fingerprint density at radius 3 is 2.75 bits per heavy atom. The highest BCUT2D eigenvalue weighted by Gasteiger charge is 2.30. The average Bonchev–Trinajstić information content (AvgIpc) is 2.70. The van der Waals surface area contributed by atoms with Crippen LogP contribution in [0.2, 0.25) is 0 Å². The molecule has 1 heterocycles. The zero-order chi connectivity index (χ0) is 11.8. The number of hydrogen-bond donors (Lipinski definition) is 1. The fourth-order valence-electron chi connectivity index (χ4n) is 2.33. The Labute approximate surface area is 106 Å². The molecule has 0 amide bonds. The lowest BCUT2D eigenvalue weighted by Crippen LogP contribution is -2.33. The van der Waals surface area contributed by atoms with Crippen molar-refractivity contribution in [2.24, 2.45) is 0 Å². The van der Waals surface area contributed by atoms with Crippen molar-refractivity contribution in [2.75, 3.05) is 13.7 Å². The molecule has 2 rings (SSSR count). The van der Waals surface area contributed by atoms with Gasteiger partial charge in [-0.1, -0.05) is 15.9 Å². The molecule has 1 unspecified atom stereocenters. The topological polar surface area (TPSA) is 21.3 Å². The van der Waals surface area contributed by atoms with Gasteiger partial charge in [-0.15, -0.1) is 0 Å². The number of nitrogens with one attached hydrogen (secondary N) is 1. The molecule has 0 aliphatic carbocycles. The van der Waals surface area contributed by atoms with E-state index in [1.54, 1.807) is 7.11 Å². The van der Waals surface area contributed by atoms with E-state index in [4.69, 9.17) is 4.74 Å². The molecule has 1 aliphatic rings. The fourth-order valence-corrected chi connectivity index (χ4v) is 2.77. The van der Waals surface area contributed by atoms with Crippen molar-refractivity contribution in [3.63, 3.8) is 0 Å². The minimum Gasteiger partial charge on any atom is -0.496 e. The van der Waals surface area contributed by atoms with Crippen molar-refractivity contribution in [3.8, 4) is 5.75 Å². The van der Waals surface area contributed by atoms with Crippen molar-refractivity contribution >= 4 is 15.9 Å². The fraction of sp³-hybridized carbons (Fsp3) is 0.538. The maximum Gasteiger partial charge on any atom is 0.123 e. The van der Waals surface area contributed by atoms with E-state index in [0.717, 1.165) is 22.3 Å². The largest absolute Gasteiger partial charge is 0.496 e. The number of ether oxygens (including phenoxy) is 1. The number of halogens is 1. The molecular weight excluding hydrogens is 266 g/mol. The molecule has 0 spiro atoms. The molecule has 0 saturated carbocycles. The van der Waals surface area contributed by atoms with Gasteiger partial charge in [-0.05, 0) is 50.9 Å². The molecule has 1 aromatic carbocycles. The highest BCUT2D eigenvalue weighted by molar-refractivity contribution is 9.10. The van der Waals surface area contributed by atoms with Crippen LogP contribution in [0.3, 0.4) is 0 Å². The second kappa shape index (κ2) is 4.38. The van der Waals surface area contributed by atoms with Crippen molar-refractivity contribution in [2.45, 2.75) is 32.2 Å². The van der Waals surface area contributed by atoms with Crippen LogP contribution >= 0.6 is 15.9 Å². The molecule has 0 bridgehead atoms. The second-order valence-electron chi connectivity index (χ2n) is 4.65. The molecule has 88 valence electrons. The third-order valence-electron chi connectivity index (χ3n) is 3.52. The monoisotopic (exact) mass is 283 g/mol. The second-order valence-corrected chi connectivity index (χ2v) is 5.50. The van der Waals surface area contributed by atoms with Gasteiger partial charge in [0.15, 0.2) is 0 Å². The summed E-state index contributed by atoms with van der Waals surface area (Å²) in [6, 6.07) is 4.36. The summed E-state index contributed by atoms with van der Waals surface area (Å²) < 4.78 is 6.54. The summed E-state index contributed by atoms with van der Waals surface area (Å²) in [4.78, 5) is 0. The highest BCUT2D eigenvalue weighted by atomic mass is 79.9. The van der Waals surface area contributed by atoms with E-state index in [-0.39, 0.29) is 5.54 Å². The van der Waals surface area contributed by atoms with Crippen molar-refractivity contribution in [1.29, 1.82) is 0 Å². The summed E-state index contributed by atoms with van der Waals surface area (Å²) in [5, 5.41) is 3.57. The van der Waals surface area contributed by atoms with Crippen LogP contribution < -0.4 is 10.1 Å². The van der Waals surface area contributed by atoms with Gasteiger partial charge in [-0.2, -0.15) is 0 Å². The molecule has 1 N–H and O–H groups in total. The number of rotatable bonds is 2. The van der Waals surface area contributed by atoms with Crippen molar-refractivity contribution in [1.82, 2.24) is 5.32 Å². The summed E-state index contributed by atoms with van der Waals surface area (Å²) in [5.41, 5.74) is 2.57. The summed E-state index contributed by atoms with van der Waals surface area (Å²) in [7, 11) is 1.73. The number of benzene rings is 1. The predicted molar refractivity (Wildman–Crippen MR) is 70.0 cm³/mol. The first kappa shape index (κ1) is 11.9. The molecule has 1 fully saturated rings. The average molecular weight is 284 g/mol. The quantitative estimate of drug-likeness (QED) is 0.899. The molecular formula is C13H18BrNO. The minimum absolute atomic E-state index is 0.101. The molecule has 1 saturated heterocycles. The molecule has 2 nitrogen and oxygen atoms in total. The first-order valence-corrected chi connectivity index (χ1v) is 6.46. The maximum absolute atomic E-state index is 5.41. The predicted octanol–water partition coefficient (Wildman–Crippen LogP) is 3.36. The third kappa shape index (κ3) is 1.98. The Kier molecular flexibility index (Phi) is 3.27. The van der Waals surface area contributed by atoms with Crippen LogP contribution in [-0.2, 0) is 5.54 Å². The van der Waals surface area contributed by atoms with Gasteiger partial charge in [-0.3, -0.25) is 0 Å². The first-order valence-electron chi connectivity index (χ1n) is 5.66. The van der Waals surface area contributed by atoms with Gasteiger partial charge in [0.25, 0.3) is 0 Å². The van der Waals surface area contributed by atoms with Crippen LogP contribution in [0.15, 0.2) is 16.6 Å². The van der Waals surface area contributed by atoms with E-state index in [9.17, 15) is 0 Å². The van der Waals surface area contributed by atoms with Crippen LogP contribution in [0.5, 0.6) is 5.75 Å². The zero-order valence-corrected chi connectivity index (χ0v) is 11.6. The van der Waals surface area contributed by atoms with Crippen LogP contribution in [0.25, 0.3) is 0 Å². The summed E-state index contributed by atoms with van der Waals surface area (Å²) in [6.45, 7) is 5.43. The van der Waals surface area contributed by atoms with Gasteiger partial charge in [0.1, 0.15) is 5.75 Å². The van der Waals surface area contributed by atoms with Gasteiger partial charge < -0.3 is 10.1 Å². The summed E-state index contributed by atoms with van der Waals surface area (Å²) in [6.07, 6.45) is 2.43. The van der Waals surface area contributed by atoms with Crippen molar-refractivity contribution < 1.29 is 4.74 Å². The van der Waals surface area contributed by atoms with Gasteiger partial charge in [-0.25, -0.2) is 0 Å². The summed E-state index contributed by atoms with van der Waals surface area (Å²) >= 11 is 3.60. The van der Waals surface area contributed by atoms with Crippen LogP contribution in [0, 0.1) is 6.92 Å². The van der Waals surface area contributed by atoms with Crippen LogP contribution in [0.1, 0.15) is 30.9 Å². The Bertz CT molecular complexity index is 397. The molecule has 3 heteroatoms. The normalized spacial score (nSPS) is 24.8. The Balaban J connectivity index is 2.45. The SMILES string of the molecule is COc1cc(C2(C)CCCN2)cc(Br)c1C. The van der Waals surface area contributed by atoms with E-state index in [0.29, 0.717) is 0 Å². The molecule has 0 aromatic heterocycles. The lowest BCUT2D eigenvalue weighted by atomic mass is 9.90. The van der Waals surface area contributed by atoms with E-state index in [1.165, 1.54) is 18.4 Å².